The van der Waals surface area contributed by atoms with E-state index in [-0.39, 0.29) is 12.5 Å². The topological polar surface area (TPSA) is 49.3 Å². The number of aliphatic carboxylic acids is 1. The third-order valence-electron chi connectivity index (χ3n) is 2.03. The minimum atomic E-state index is -0.744. The normalized spacial score (nSPS) is 16.1. The van der Waals surface area contributed by atoms with E-state index >= 15 is 0 Å². The molecule has 0 fully saturated rings. The van der Waals surface area contributed by atoms with E-state index < -0.39 is 5.97 Å². The lowest BCUT2D eigenvalue weighted by molar-refractivity contribution is -0.137. The Bertz CT molecular complexity index is 145. The van der Waals surface area contributed by atoms with Crippen LogP contribution in [0.25, 0.3) is 0 Å². The fourth-order valence-electron chi connectivity index (χ4n) is 0.962. The fourth-order valence-corrected chi connectivity index (χ4v) is 0.962. The molecule has 0 saturated heterocycles. The smallest absolute Gasteiger partial charge is 0.304 e. The van der Waals surface area contributed by atoms with Gasteiger partial charge in [-0.2, -0.15) is 0 Å². The Morgan fingerprint density at radius 3 is 2.17 bits per heavy atom. The predicted molar refractivity (Wildman–Crippen MR) is 49.2 cm³/mol. The second-order valence-corrected chi connectivity index (χ2v) is 3.70. The van der Waals surface area contributed by atoms with Crippen molar-refractivity contribution in [2.45, 2.75) is 46.2 Å². The van der Waals surface area contributed by atoms with Crippen molar-refractivity contribution in [3.63, 3.8) is 0 Å². The van der Waals surface area contributed by atoms with Gasteiger partial charge in [-0.15, -0.1) is 0 Å². The molecule has 0 aromatic rings. The highest BCUT2D eigenvalue weighted by Crippen LogP contribution is 2.02. The summed E-state index contributed by atoms with van der Waals surface area (Å²) in [6, 6.07) is 0.430. The number of hydrogen-bond donors (Lipinski definition) is 2. The predicted octanol–water partition coefficient (Wildman–Crippen LogP) is 1.48. The SMILES string of the molecule is CC(CC(=O)O)NC(C)C(C)C. The first-order chi connectivity index (χ1) is 5.43. The van der Waals surface area contributed by atoms with Gasteiger partial charge >= 0.3 is 5.97 Å². The Labute approximate surface area is 74.2 Å². The van der Waals surface area contributed by atoms with Gasteiger partial charge in [0.25, 0.3) is 0 Å². The third kappa shape index (κ3) is 5.13. The number of carboxylic acid groups (broad SMARTS) is 1. The number of carbonyl (C=O) groups is 1. The number of hydrogen-bond acceptors (Lipinski definition) is 2. The van der Waals surface area contributed by atoms with Crippen LogP contribution in [-0.4, -0.2) is 23.2 Å². The monoisotopic (exact) mass is 173 g/mol. The largest absolute Gasteiger partial charge is 0.481 e. The molecular weight excluding hydrogens is 154 g/mol. The lowest BCUT2D eigenvalue weighted by atomic mass is 10.1. The van der Waals surface area contributed by atoms with Gasteiger partial charge in [-0.05, 0) is 19.8 Å². The Kier molecular flexibility index (Phi) is 4.90. The first-order valence-electron chi connectivity index (χ1n) is 4.41. The second kappa shape index (κ2) is 5.14. The minimum absolute atomic E-state index is 0.0555. The van der Waals surface area contributed by atoms with E-state index in [9.17, 15) is 4.79 Å². The summed E-state index contributed by atoms with van der Waals surface area (Å²) in [5.41, 5.74) is 0. The van der Waals surface area contributed by atoms with E-state index in [0.29, 0.717) is 12.0 Å². The first-order valence-corrected chi connectivity index (χ1v) is 4.41. The van der Waals surface area contributed by atoms with E-state index in [1.165, 1.54) is 0 Å². The van der Waals surface area contributed by atoms with Crippen molar-refractivity contribution in [1.29, 1.82) is 0 Å². The summed E-state index contributed by atoms with van der Waals surface area (Å²) >= 11 is 0. The molecule has 2 atom stereocenters. The summed E-state index contributed by atoms with van der Waals surface area (Å²) in [5, 5.41) is 11.7. The molecule has 0 aromatic carbocycles. The summed E-state index contributed by atoms with van der Waals surface area (Å²) in [7, 11) is 0. The summed E-state index contributed by atoms with van der Waals surface area (Å²) < 4.78 is 0. The number of carboxylic acids is 1. The highest BCUT2D eigenvalue weighted by Gasteiger charge is 2.12. The first kappa shape index (κ1) is 11.4. The lowest BCUT2D eigenvalue weighted by Gasteiger charge is -2.21. The van der Waals surface area contributed by atoms with Gasteiger partial charge in [0.05, 0.1) is 6.42 Å². The van der Waals surface area contributed by atoms with Crippen molar-refractivity contribution in [2.24, 2.45) is 5.92 Å². The second-order valence-electron chi connectivity index (χ2n) is 3.70. The van der Waals surface area contributed by atoms with Gasteiger partial charge in [-0.1, -0.05) is 13.8 Å². The molecule has 0 bridgehead atoms. The average Bonchev–Trinajstić information content (AvgIpc) is 1.84. The van der Waals surface area contributed by atoms with Crippen LogP contribution in [0.1, 0.15) is 34.1 Å². The third-order valence-corrected chi connectivity index (χ3v) is 2.03. The maximum absolute atomic E-state index is 10.3. The van der Waals surface area contributed by atoms with Gasteiger partial charge in [-0.3, -0.25) is 4.79 Å². The quantitative estimate of drug-likeness (QED) is 0.662. The molecule has 3 heteroatoms. The molecule has 0 heterocycles. The van der Waals surface area contributed by atoms with E-state index in [0.717, 1.165) is 0 Å². The van der Waals surface area contributed by atoms with Gasteiger partial charge < -0.3 is 10.4 Å². The molecule has 0 aliphatic heterocycles. The summed E-state index contributed by atoms with van der Waals surface area (Å²) in [4.78, 5) is 10.3. The van der Waals surface area contributed by atoms with E-state index in [2.05, 4.69) is 26.1 Å². The number of rotatable bonds is 5. The molecule has 2 N–H and O–H groups in total. The fraction of sp³-hybridized carbons (Fsp3) is 0.889. The molecule has 0 aliphatic carbocycles. The molecule has 72 valence electrons. The molecular formula is C9H19NO2. The van der Waals surface area contributed by atoms with Crippen LogP contribution in [0.3, 0.4) is 0 Å². The molecule has 0 aromatic heterocycles. The van der Waals surface area contributed by atoms with Crippen LogP contribution in [-0.2, 0) is 4.79 Å². The van der Waals surface area contributed by atoms with Crippen molar-refractivity contribution in [3.8, 4) is 0 Å². The summed E-state index contributed by atoms with van der Waals surface area (Å²) in [5.74, 6) is -0.202. The number of nitrogens with one attached hydrogen (secondary N) is 1. The van der Waals surface area contributed by atoms with Gasteiger partial charge in [0.2, 0.25) is 0 Å². The summed E-state index contributed by atoms with van der Waals surface area (Å²) in [6.45, 7) is 8.20. The van der Waals surface area contributed by atoms with E-state index in [4.69, 9.17) is 5.11 Å². The molecule has 3 nitrogen and oxygen atoms in total. The Hall–Kier alpha value is -0.570. The molecule has 2 unspecified atom stereocenters. The average molecular weight is 173 g/mol. The van der Waals surface area contributed by atoms with Crippen LogP contribution < -0.4 is 5.32 Å². The van der Waals surface area contributed by atoms with Crippen molar-refractivity contribution < 1.29 is 9.90 Å². The van der Waals surface area contributed by atoms with E-state index in [1.54, 1.807) is 0 Å². The maximum atomic E-state index is 10.3. The molecule has 0 amide bonds. The Morgan fingerprint density at radius 1 is 1.33 bits per heavy atom. The molecule has 0 saturated carbocycles. The van der Waals surface area contributed by atoms with Crippen molar-refractivity contribution in [1.82, 2.24) is 5.32 Å². The highest BCUT2D eigenvalue weighted by molar-refractivity contribution is 5.67. The lowest BCUT2D eigenvalue weighted by Crippen LogP contribution is -2.38. The molecule has 0 radical (unpaired) electrons. The van der Waals surface area contributed by atoms with Gasteiger partial charge in [0.15, 0.2) is 0 Å². The van der Waals surface area contributed by atoms with E-state index in [1.807, 2.05) is 6.92 Å². The minimum Gasteiger partial charge on any atom is -0.481 e. The zero-order chi connectivity index (χ0) is 9.72. The zero-order valence-corrected chi connectivity index (χ0v) is 8.29. The molecule has 12 heavy (non-hydrogen) atoms. The van der Waals surface area contributed by atoms with Gasteiger partial charge in [0.1, 0.15) is 0 Å². The van der Waals surface area contributed by atoms with Gasteiger partial charge in [-0.25, -0.2) is 0 Å². The van der Waals surface area contributed by atoms with Gasteiger partial charge in [0, 0.05) is 12.1 Å². The molecule has 0 spiro atoms. The maximum Gasteiger partial charge on any atom is 0.304 e. The molecule has 0 aliphatic rings. The van der Waals surface area contributed by atoms with Crippen LogP contribution in [0.5, 0.6) is 0 Å². The standard InChI is InChI=1S/C9H19NO2/c1-6(2)8(4)10-7(3)5-9(11)12/h6-8,10H,5H2,1-4H3,(H,11,12). The highest BCUT2D eigenvalue weighted by atomic mass is 16.4. The molecule has 0 rings (SSSR count). The van der Waals surface area contributed by atoms with Crippen LogP contribution in [0.4, 0.5) is 0 Å². The van der Waals surface area contributed by atoms with Crippen LogP contribution >= 0.6 is 0 Å². The van der Waals surface area contributed by atoms with Crippen LogP contribution in [0.15, 0.2) is 0 Å². The van der Waals surface area contributed by atoms with Crippen molar-refractivity contribution in [3.05, 3.63) is 0 Å². The van der Waals surface area contributed by atoms with Crippen molar-refractivity contribution in [2.75, 3.05) is 0 Å². The Morgan fingerprint density at radius 2 is 1.83 bits per heavy atom. The summed E-state index contributed by atoms with van der Waals surface area (Å²) in [6.07, 6.45) is 0.192. The zero-order valence-electron chi connectivity index (χ0n) is 8.29. The van der Waals surface area contributed by atoms with Crippen LogP contribution in [0.2, 0.25) is 0 Å². The van der Waals surface area contributed by atoms with Crippen LogP contribution in [0, 0.1) is 5.92 Å². The van der Waals surface area contributed by atoms with Crippen molar-refractivity contribution >= 4 is 5.97 Å². The Balaban J connectivity index is 3.68.